The van der Waals surface area contributed by atoms with Gasteiger partial charge in [-0.1, -0.05) is 0 Å². The zero-order valence-corrected chi connectivity index (χ0v) is 5.61. The predicted octanol–water partition coefficient (Wildman–Crippen LogP) is -0.170. The third kappa shape index (κ3) is 773. The summed E-state index contributed by atoms with van der Waals surface area (Å²) in [5, 5.41) is 7.19. The van der Waals surface area contributed by atoms with Gasteiger partial charge in [-0.05, 0) is 0 Å². The number of hydrogen-bond donors (Lipinski definition) is 1. The summed E-state index contributed by atoms with van der Waals surface area (Å²) in [4.78, 5) is 8.78. The molecule has 1 N–H and O–H groups in total. The summed E-state index contributed by atoms with van der Waals surface area (Å²) in [7, 11) is 4.03. The van der Waals surface area contributed by atoms with Crippen molar-refractivity contribution in [3.63, 3.8) is 0 Å². The molecule has 0 aromatic carbocycles. The van der Waals surface area contributed by atoms with Crippen LogP contribution in [0.25, 0.3) is 0 Å². The van der Waals surface area contributed by atoms with Gasteiger partial charge in [0, 0.05) is 19.5 Å². The maximum Gasteiger partial charge on any atom is 0.233 e. The maximum atomic E-state index is 8.78. The number of hydrogen-bond acceptors (Lipinski definition) is 1. The second kappa shape index (κ2) is 4.16. The quantitative estimate of drug-likeness (QED) is 0.452. The van der Waals surface area contributed by atoms with E-state index < -0.39 is 5.87 Å². The standard InChI is InChI=1S/CHBO2.Zn/c2-1(3)4;/h(H,3,4);. The van der Waals surface area contributed by atoms with E-state index in [2.05, 4.69) is 7.85 Å². The fourth-order valence-corrected chi connectivity index (χ4v) is 0. The molecule has 0 aliphatic rings. The molecule has 0 fully saturated rings. The van der Waals surface area contributed by atoms with Crippen LogP contribution in [0.15, 0.2) is 0 Å². The molecular formula is CHBO2Zn. The average molecular weight is 121 g/mol. The molecule has 0 bridgehead atoms. The Morgan fingerprint density at radius 1 is 1.80 bits per heavy atom. The van der Waals surface area contributed by atoms with Crippen molar-refractivity contribution in [3.05, 3.63) is 0 Å². The molecular weight excluding hydrogens is 120 g/mol. The van der Waals surface area contributed by atoms with Gasteiger partial charge in [0.15, 0.2) is 0 Å². The van der Waals surface area contributed by atoms with Gasteiger partial charge in [-0.15, -0.1) is 0 Å². The van der Waals surface area contributed by atoms with Crippen LogP contribution >= 0.6 is 0 Å². The van der Waals surface area contributed by atoms with Crippen molar-refractivity contribution in [3.8, 4) is 0 Å². The zero-order chi connectivity index (χ0) is 3.58. The molecule has 0 unspecified atom stereocenters. The van der Waals surface area contributed by atoms with Crippen LogP contribution in [-0.2, 0) is 19.5 Å². The Labute approximate surface area is 43.7 Å². The molecule has 2 nitrogen and oxygen atoms in total. The Bertz CT molecular complexity index is 32.6. The third-order valence-electron chi connectivity index (χ3n) is 0. The maximum absolute atomic E-state index is 8.78. The second-order valence-electron chi connectivity index (χ2n) is 0.338. The molecule has 0 aromatic rings. The van der Waals surface area contributed by atoms with Crippen LogP contribution in [0, 0.1) is 0 Å². The third-order valence-corrected chi connectivity index (χ3v) is 0. The topological polar surface area (TPSA) is 37.3 Å². The Morgan fingerprint density at radius 3 is 1.80 bits per heavy atom. The van der Waals surface area contributed by atoms with Gasteiger partial charge in [-0.3, -0.25) is 4.79 Å². The largest absolute Gasteiger partial charge is 0.490 e. The summed E-state index contributed by atoms with van der Waals surface area (Å²) >= 11 is 0. The molecule has 5 heavy (non-hydrogen) atoms. The van der Waals surface area contributed by atoms with Crippen LogP contribution in [0.1, 0.15) is 0 Å². The van der Waals surface area contributed by atoms with E-state index in [-0.39, 0.29) is 19.5 Å². The Hall–Kier alpha value is 0.158. The Kier molecular flexibility index (Phi) is 7.44. The first kappa shape index (κ1) is 8.94. The summed E-state index contributed by atoms with van der Waals surface area (Å²) in [6.07, 6.45) is 0. The SMILES string of the molecule is [B]C(=O)O.[Zn]. The number of rotatable bonds is 0. The number of carbonyl (C=O) groups is 1. The van der Waals surface area contributed by atoms with Crippen LogP contribution in [-0.4, -0.2) is 18.8 Å². The monoisotopic (exact) mass is 120 g/mol. The molecule has 0 saturated heterocycles. The smallest absolute Gasteiger partial charge is 0.233 e. The summed E-state index contributed by atoms with van der Waals surface area (Å²) in [5.41, 5.74) is 0. The van der Waals surface area contributed by atoms with Crippen molar-refractivity contribution in [2.45, 2.75) is 0 Å². The molecule has 0 saturated carbocycles. The molecule has 0 aromatic heterocycles. The summed E-state index contributed by atoms with van der Waals surface area (Å²) < 4.78 is 0. The van der Waals surface area contributed by atoms with Crippen LogP contribution in [0.2, 0.25) is 0 Å². The molecule has 4 heteroatoms. The zero-order valence-electron chi connectivity index (χ0n) is 2.64. The summed E-state index contributed by atoms with van der Waals surface area (Å²) in [5.74, 6) is -1.33. The van der Waals surface area contributed by atoms with Crippen molar-refractivity contribution in [1.82, 2.24) is 0 Å². The van der Waals surface area contributed by atoms with Gasteiger partial charge in [-0.25, -0.2) is 0 Å². The first-order valence-corrected chi connectivity index (χ1v) is 0.716. The molecule has 0 spiro atoms. The average Bonchev–Trinajstić information content (AvgIpc) is 0.811. The van der Waals surface area contributed by atoms with E-state index in [1.54, 1.807) is 0 Å². The van der Waals surface area contributed by atoms with Gasteiger partial charge in [-0.2, -0.15) is 0 Å². The van der Waals surface area contributed by atoms with E-state index in [1.807, 2.05) is 0 Å². The van der Waals surface area contributed by atoms with Gasteiger partial charge >= 0.3 is 0 Å². The molecule has 22 valence electrons. The molecule has 0 aliphatic carbocycles. The van der Waals surface area contributed by atoms with Crippen LogP contribution in [0.3, 0.4) is 0 Å². The fraction of sp³-hybridized carbons (Fsp3) is 0. The van der Waals surface area contributed by atoms with Crippen LogP contribution in [0.5, 0.6) is 0 Å². The summed E-state index contributed by atoms with van der Waals surface area (Å²) in [6.45, 7) is 0. The minimum absolute atomic E-state index is 0. The molecule has 2 radical (unpaired) electrons. The van der Waals surface area contributed by atoms with Crippen molar-refractivity contribution >= 4 is 13.7 Å². The Morgan fingerprint density at radius 2 is 1.80 bits per heavy atom. The van der Waals surface area contributed by atoms with Gasteiger partial charge < -0.3 is 5.11 Å². The molecule has 0 aliphatic heterocycles. The van der Waals surface area contributed by atoms with Crippen molar-refractivity contribution in [2.24, 2.45) is 0 Å². The van der Waals surface area contributed by atoms with Crippen molar-refractivity contribution in [1.29, 1.82) is 0 Å². The van der Waals surface area contributed by atoms with E-state index >= 15 is 0 Å². The second-order valence-corrected chi connectivity index (χ2v) is 0.338. The van der Waals surface area contributed by atoms with Crippen LogP contribution in [0.4, 0.5) is 4.79 Å². The van der Waals surface area contributed by atoms with Crippen molar-refractivity contribution in [2.75, 3.05) is 0 Å². The first-order chi connectivity index (χ1) is 1.73. The predicted molar refractivity (Wildman–Crippen MR) is 13.8 cm³/mol. The van der Waals surface area contributed by atoms with Gasteiger partial charge in [0.2, 0.25) is 13.7 Å². The minimum Gasteiger partial charge on any atom is -0.490 e. The molecule has 0 atom stereocenters. The first-order valence-electron chi connectivity index (χ1n) is 0.716. The Balaban J connectivity index is 0. The molecule has 0 heterocycles. The minimum atomic E-state index is -1.33. The van der Waals surface area contributed by atoms with Gasteiger partial charge in [0.25, 0.3) is 0 Å². The van der Waals surface area contributed by atoms with E-state index in [9.17, 15) is 0 Å². The van der Waals surface area contributed by atoms with Gasteiger partial charge in [0.05, 0.1) is 0 Å². The fourth-order valence-electron chi connectivity index (χ4n) is 0. The normalized spacial score (nSPS) is 4.80. The van der Waals surface area contributed by atoms with E-state index in [0.29, 0.717) is 0 Å². The molecule has 0 amide bonds. The van der Waals surface area contributed by atoms with Crippen molar-refractivity contribution < 1.29 is 29.4 Å². The van der Waals surface area contributed by atoms with E-state index in [4.69, 9.17) is 9.90 Å². The van der Waals surface area contributed by atoms with E-state index in [0.717, 1.165) is 0 Å². The van der Waals surface area contributed by atoms with Gasteiger partial charge in [0.1, 0.15) is 0 Å². The summed E-state index contributed by atoms with van der Waals surface area (Å²) in [6, 6.07) is 0. The van der Waals surface area contributed by atoms with Crippen LogP contribution < -0.4 is 0 Å². The molecule has 0 rings (SSSR count). The number of carboxylic acid groups (broad SMARTS) is 1. The van der Waals surface area contributed by atoms with E-state index in [1.165, 1.54) is 0 Å².